The van der Waals surface area contributed by atoms with Crippen molar-refractivity contribution in [3.63, 3.8) is 0 Å². The number of methoxy groups -OCH3 is 1. The van der Waals surface area contributed by atoms with Crippen LogP contribution < -0.4 is 4.74 Å². The lowest BCUT2D eigenvalue weighted by molar-refractivity contribution is -0.146. The summed E-state index contributed by atoms with van der Waals surface area (Å²) in [6.45, 7) is 2.35. The largest absolute Gasteiger partial charge is 0.453 e. The van der Waals surface area contributed by atoms with Gasteiger partial charge in [0, 0.05) is 19.4 Å². The third kappa shape index (κ3) is 2.97. The molecule has 1 saturated carbocycles. The second-order valence-corrected chi connectivity index (χ2v) is 8.82. The average molecular weight is 375 g/mol. The first kappa shape index (κ1) is 17.4. The zero-order valence-corrected chi connectivity index (χ0v) is 15.4. The first-order chi connectivity index (χ1) is 11.4. The Balaban J connectivity index is 1.92. The van der Waals surface area contributed by atoms with Crippen molar-refractivity contribution < 1.29 is 22.7 Å². The SMILES string of the molecule is CCCS(=O)(=O)c1nsnc1OC12CCC(CC1)CN2C(=O)OC. The molecule has 1 amide bonds. The Hall–Kier alpha value is -1.42. The van der Waals surface area contributed by atoms with E-state index in [4.69, 9.17) is 9.47 Å². The van der Waals surface area contributed by atoms with E-state index in [1.807, 2.05) is 0 Å². The van der Waals surface area contributed by atoms with Crippen LogP contribution in [-0.4, -0.2) is 53.3 Å². The summed E-state index contributed by atoms with van der Waals surface area (Å²) >= 11 is 0.806. The molecule has 2 saturated heterocycles. The molecule has 1 aromatic rings. The molecule has 4 rings (SSSR count). The van der Waals surface area contributed by atoms with Crippen molar-refractivity contribution in [1.82, 2.24) is 13.6 Å². The van der Waals surface area contributed by atoms with E-state index >= 15 is 0 Å². The normalized spacial score (nSPS) is 26.4. The lowest BCUT2D eigenvalue weighted by Gasteiger charge is -2.52. The summed E-state index contributed by atoms with van der Waals surface area (Å²) in [6.07, 6.45) is 3.17. The number of carbonyl (C=O) groups is 1. The molecule has 10 heteroatoms. The Morgan fingerprint density at radius 2 is 2.08 bits per heavy atom. The zero-order chi connectivity index (χ0) is 17.4. The Kier molecular flexibility index (Phi) is 4.69. The number of carbonyl (C=O) groups excluding carboxylic acids is 1. The van der Waals surface area contributed by atoms with E-state index < -0.39 is 21.7 Å². The summed E-state index contributed by atoms with van der Waals surface area (Å²) < 4.78 is 43.6. The van der Waals surface area contributed by atoms with Gasteiger partial charge in [-0.2, -0.15) is 4.37 Å². The number of hydrogen-bond acceptors (Lipinski definition) is 8. The second kappa shape index (κ2) is 6.47. The van der Waals surface area contributed by atoms with Gasteiger partial charge in [0.05, 0.1) is 24.6 Å². The molecule has 1 aliphatic carbocycles. The highest BCUT2D eigenvalue weighted by Crippen LogP contribution is 2.45. The highest BCUT2D eigenvalue weighted by molar-refractivity contribution is 7.91. The fourth-order valence-electron chi connectivity index (χ4n) is 3.48. The molecule has 0 atom stereocenters. The van der Waals surface area contributed by atoms with E-state index in [0.29, 0.717) is 31.7 Å². The molecule has 3 aliphatic rings. The van der Waals surface area contributed by atoms with E-state index in [9.17, 15) is 13.2 Å². The van der Waals surface area contributed by atoms with Gasteiger partial charge in [-0.25, -0.2) is 13.2 Å². The van der Waals surface area contributed by atoms with Crippen LogP contribution in [0.5, 0.6) is 5.88 Å². The van der Waals surface area contributed by atoms with Gasteiger partial charge in [0.15, 0.2) is 5.72 Å². The summed E-state index contributed by atoms with van der Waals surface area (Å²) in [5.41, 5.74) is -0.895. The van der Waals surface area contributed by atoms with Crippen molar-refractivity contribution >= 4 is 27.7 Å². The Morgan fingerprint density at radius 3 is 2.71 bits per heavy atom. The molecular weight excluding hydrogens is 354 g/mol. The minimum Gasteiger partial charge on any atom is -0.453 e. The molecule has 24 heavy (non-hydrogen) atoms. The summed E-state index contributed by atoms with van der Waals surface area (Å²) in [4.78, 5) is 13.7. The fourth-order valence-corrected chi connectivity index (χ4v) is 5.57. The van der Waals surface area contributed by atoms with E-state index in [0.717, 1.165) is 24.6 Å². The molecule has 3 fully saturated rings. The maximum atomic E-state index is 12.3. The average Bonchev–Trinajstić information content (AvgIpc) is 3.03. The predicted octanol–water partition coefficient (Wildman–Crippen LogP) is 2.07. The van der Waals surface area contributed by atoms with Crippen molar-refractivity contribution in [2.24, 2.45) is 5.92 Å². The van der Waals surface area contributed by atoms with Crippen molar-refractivity contribution in [2.45, 2.75) is 49.8 Å². The highest BCUT2D eigenvalue weighted by atomic mass is 32.2. The van der Waals surface area contributed by atoms with Gasteiger partial charge in [-0.05, 0) is 25.2 Å². The van der Waals surface area contributed by atoms with Gasteiger partial charge in [0.1, 0.15) is 0 Å². The van der Waals surface area contributed by atoms with Gasteiger partial charge < -0.3 is 9.47 Å². The van der Waals surface area contributed by atoms with Crippen LogP contribution in [0.4, 0.5) is 4.79 Å². The number of fused-ring (bicyclic) bond motifs is 3. The lowest BCUT2D eigenvalue weighted by Crippen LogP contribution is -2.63. The summed E-state index contributed by atoms with van der Waals surface area (Å²) in [5, 5.41) is -0.124. The molecule has 2 bridgehead atoms. The maximum Gasteiger partial charge on any atom is 0.412 e. The predicted molar refractivity (Wildman–Crippen MR) is 86.7 cm³/mol. The maximum absolute atomic E-state index is 12.3. The number of amides is 1. The Labute approximate surface area is 145 Å². The van der Waals surface area contributed by atoms with Crippen LogP contribution in [0.25, 0.3) is 0 Å². The van der Waals surface area contributed by atoms with Gasteiger partial charge in [-0.1, -0.05) is 6.92 Å². The Morgan fingerprint density at radius 1 is 1.38 bits per heavy atom. The van der Waals surface area contributed by atoms with Gasteiger partial charge in [-0.15, -0.1) is 4.37 Å². The molecule has 0 radical (unpaired) electrons. The van der Waals surface area contributed by atoms with E-state index in [1.54, 1.807) is 11.8 Å². The van der Waals surface area contributed by atoms with Crippen LogP contribution in [0.15, 0.2) is 5.03 Å². The van der Waals surface area contributed by atoms with E-state index in [-0.39, 0.29) is 16.7 Å². The quantitative estimate of drug-likeness (QED) is 0.777. The van der Waals surface area contributed by atoms with Crippen LogP contribution in [0.3, 0.4) is 0 Å². The molecule has 0 unspecified atom stereocenters. The third-order valence-electron chi connectivity index (χ3n) is 4.70. The number of aromatic nitrogens is 2. The summed E-state index contributed by atoms with van der Waals surface area (Å²) in [6, 6.07) is 0. The topological polar surface area (TPSA) is 98.7 Å². The first-order valence-corrected chi connectivity index (χ1v) is 10.4. The van der Waals surface area contributed by atoms with Crippen LogP contribution in [-0.2, 0) is 14.6 Å². The third-order valence-corrected chi connectivity index (χ3v) is 7.13. The number of ether oxygens (including phenoxy) is 2. The number of sulfone groups is 1. The zero-order valence-electron chi connectivity index (χ0n) is 13.7. The molecule has 134 valence electrons. The van der Waals surface area contributed by atoms with Gasteiger partial charge in [0.2, 0.25) is 14.9 Å². The summed E-state index contributed by atoms with van der Waals surface area (Å²) in [7, 11) is -2.20. The van der Waals surface area contributed by atoms with Gasteiger partial charge in [0.25, 0.3) is 5.88 Å². The number of hydrogen-bond donors (Lipinski definition) is 0. The molecule has 8 nitrogen and oxygen atoms in total. The fraction of sp³-hybridized carbons (Fsp3) is 0.786. The van der Waals surface area contributed by atoms with Crippen LogP contribution in [0, 0.1) is 5.92 Å². The van der Waals surface area contributed by atoms with Crippen molar-refractivity contribution in [2.75, 3.05) is 19.4 Å². The molecule has 2 aliphatic heterocycles. The van der Waals surface area contributed by atoms with Crippen molar-refractivity contribution in [1.29, 1.82) is 0 Å². The smallest absolute Gasteiger partial charge is 0.412 e. The number of rotatable bonds is 5. The standard InChI is InChI=1S/C14H21N3O5S2/c1-3-8-24(19,20)12-11(15-23-16-12)22-14-6-4-10(5-7-14)9-17(14)13(18)21-2/h10H,3-9H2,1-2H3. The van der Waals surface area contributed by atoms with Crippen molar-refractivity contribution in [3.05, 3.63) is 0 Å². The molecule has 3 heterocycles. The summed E-state index contributed by atoms with van der Waals surface area (Å²) in [5.74, 6) is 0.430. The van der Waals surface area contributed by atoms with Gasteiger partial charge >= 0.3 is 6.09 Å². The monoisotopic (exact) mass is 375 g/mol. The van der Waals surface area contributed by atoms with E-state index in [1.165, 1.54) is 7.11 Å². The number of piperidine rings is 2. The second-order valence-electron chi connectivity index (χ2n) is 6.27. The van der Waals surface area contributed by atoms with Crippen molar-refractivity contribution in [3.8, 4) is 5.88 Å². The first-order valence-electron chi connectivity index (χ1n) is 8.02. The molecule has 0 aromatic carbocycles. The molecule has 0 N–H and O–H groups in total. The highest BCUT2D eigenvalue weighted by Gasteiger charge is 2.52. The number of nitrogens with zero attached hydrogens (tertiary/aromatic N) is 3. The molecular formula is C14H21N3O5S2. The minimum absolute atomic E-state index is 0.00250. The van der Waals surface area contributed by atoms with Crippen LogP contribution in [0.1, 0.15) is 39.0 Å². The lowest BCUT2D eigenvalue weighted by atomic mass is 9.77. The molecule has 1 aromatic heterocycles. The Bertz CT molecular complexity index is 710. The van der Waals surface area contributed by atoms with E-state index in [2.05, 4.69) is 8.75 Å². The van der Waals surface area contributed by atoms with Gasteiger partial charge in [-0.3, -0.25) is 4.90 Å². The minimum atomic E-state index is -3.54. The van der Waals surface area contributed by atoms with Crippen LogP contribution >= 0.6 is 11.7 Å². The van der Waals surface area contributed by atoms with Crippen LogP contribution in [0.2, 0.25) is 0 Å². The molecule has 0 spiro atoms.